The van der Waals surface area contributed by atoms with Crippen molar-refractivity contribution in [1.82, 2.24) is 10.2 Å². The van der Waals surface area contributed by atoms with Crippen molar-refractivity contribution < 1.29 is 19.5 Å². The van der Waals surface area contributed by atoms with Gasteiger partial charge in [-0.05, 0) is 30.7 Å². The minimum atomic E-state index is -0.785. The van der Waals surface area contributed by atoms with Gasteiger partial charge < -0.3 is 15.3 Å². The van der Waals surface area contributed by atoms with Crippen LogP contribution in [0.5, 0.6) is 0 Å². The van der Waals surface area contributed by atoms with Gasteiger partial charge in [0.25, 0.3) is 0 Å². The molecule has 1 aromatic carbocycles. The van der Waals surface area contributed by atoms with Crippen molar-refractivity contribution in [2.24, 2.45) is 5.92 Å². The molecule has 1 heterocycles. The number of aliphatic carboxylic acids is 1. The van der Waals surface area contributed by atoms with Gasteiger partial charge in [0.15, 0.2) is 0 Å². The molecule has 1 aromatic rings. The first-order valence-corrected chi connectivity index (χ1v) is 9.33. The third kappa shape index (κ3) is 6.17. The molecule has 0 bridgehead atoms. The van der Waals surface area contributed by atoms with Crippen molar-refractivity contribution in [3.63, 3.8) is 0 Å². The number of rotatable bonds is 8. The smallest absolute Gasteiger partial charge is 0.303 e. The molecule has 0 aliphatic carbocycles. The Morgan fingerprint density at radius 3 is 2.42 bits per heavy atom. The highest BCUT2D eigenvalue weighted by molar-refractivity contribution is 5.88. The summed E-state index contributed by atoms with van der Waals surface area (Å²) in [6, 6.07) is 8.95. The molecular weight excluding hydrogens is 332 g/mol. The molecule has 0 aromatic heterocycles. The van der Waals surface area contributed by atoms with Crippen LogP contribution in [0.1, 0.15) is 44.6 Å². The van der Waals surface area contributed by atoms with Gasteiger partial charge in [-0.1, -0.05) is 43.7 Å². The Kier molecular flexibility index (Phi) is 7.63. The number of hydrogen-bond acceptors (Lipinski definition) is 3. The van der Waals surface area contributed by atoms with Crippen molar-refractivity contribution in [3.05, 3.63) is 35.9 Å². The van der Waals surface area contributed by atoms with Crippen molar-refractivity contribution in [2.45, 2.75) is 51.5 Å². The van der Waals surface area contributed by atoms with E-state index in [1.165, 1.54) is 0 Å². The number of carbonyl (C=O) groups excluding carboxylic acids is 2. The third-order valence-electron chi connectivity index (χ3n) is 4.81. The minimum Gasteiger partial charge on any atom is -0.481 e. The first-order valence-electron chi connectivity index (χ1n) is 9.33. The van der Waals surface area contributed by atoms with E-state index in [9.17, 15) is 14.4 Å². The molecule has 2 amide bonds. The molecule has 142 valence electrons. The fourth-order valence-electron chi connectivity index (χ4n) is 3.40. The van der Waals surface area contributed by atoms with Gasteiger partial charge in [0.1, 0.15) is 6.04 Å². The number of amides is 2. The van der Waals surface area contributed by atoms with Crippen molar-refractivity contribution >= 4 is 17.8 Å². The fraction of sp³-hybridized carbons (Fsp3) is 0.550. The highest BCUT2D eigenvalue weighted by Gasteiger charge is 2.29. The predicted octanol–water partition coefficient (Wildman–Crippen LogP) is 2.23. The lowest BCUT2D eigenvalue weighted by Gasteiger charge is -2.34. The topological polar surface area (TPSA) is 86.7 Å². The Bertz CT molecular complexity index is 609. The summed E-state index contributed by atoms with van der Waals surface area (Å²) >= 11 is 0. The Labute approximate surface area is 154 Å². The molecule has 1 aliphatic rings. The number of nitrogens with zero attached hydrogens (tertiary/aromatic N) is 1. The Morgan fingerprint density at radius 1 is 1.19 bits per heavy atom. The van der Waals surface area contributed by atoms with E-state index in [1.54, 1.807) is 4.90 Å². The average Bonchev–Trinajstić information content (AvgIpc) is 2.62. The van der Waals surface area contributed by atoms with E-state index in [2.05, 4.69) is 5.32 Å². The van der Waals surface area contributed by atoms with Gasteiger partial charge in [-0.2, -0.15) is 0 Å². The van der Waals surface area contributed by atoms with Crippen LogP contribution in [0, 0.1) is 5.92 Å². The predicted molar refractivity (Wildman–Crippen MR) is 98.5 cm³/mol. The van der Waals surface area contributed by atoms with Crippen LogP contribution in [0.3, 0.4) is 0 Å². The second-order valence-corrected chi connectivity index (χ2v) is 6.94. The molecule has 1 fully saturated rings. The van der Waals surface area contributed by atoms with Gasteiger partial charge in [-0.3, -0.25) is 14.4 Å². The summed E-state index contributed by atoms with van der Waals surface area (Å²) in [5.74, 6) is -0.855. The van der Waals surface area contributed by atoms with Crippen molar-refractivity contribution in [2.75, 3.05) is 13.1 Å². The number of benzene rings is 1. The lowest BCUT2D eigenvalue weighted by molar-refractivity contribution is -0.140. The SMILES string of the molecule is CCCC(NC(=O)Cc1ccccc1)C(=O)N1CCC(CC(=O)O)CC1. The molecule has 1 unspecified atom stereocenters. The van der Waals surface area contributed by atoms with Crippen LogP contribution >= 0.6 is 0 Å². The molecule has 26 heavy (non-hydrogen) atoms. The van der Waals surface area contributed by atoms with E-state index >= 15 is 0 Å². The third-order valence-corrected chi connectivity index (χ3v) is 4.81. The van der Waals surface area contributed by atoms with E-state index < -0.39 is 12.0 Å². The monoisotopic (exact) mass is 360 g/mol. The molecule has 6 nitrogen and oxygen atoms in total. The zero-order valence-electron chi connectivity index (χ0n) is 15.3. The fourth-order valence-corrected chi connectivity index (χ4v) is 3.40. The van der Waals surface area contributed by atoms with Gasteiger partial charge in [-0.25, -0.2) is 0 Å². The molecular formula is C20H28N2O4. The average molecular weight is 360 g/mol. The van der Waals surface area contributed by atoms with E-state index in [0.29, 0.717) is 32.4 Å². The summed E-state index contributed by atoms with van der Waals surface area (Å²) < 4.78 is 0. The van der Waals surface area contributed by atoms with Crippen LogP contribution in [-0.4, -0.2) is 46.9 Å². The molecule has 1 atom stereocenters. The number of carboxylic acid groups (broad SMARTS) is 1. The van der Waals surface area contributed by atoms with E-state index in [0.717, 1.165) is 12.0 Å². The van der Waals surface area contributed by atoms with Gasteiger partial charge in [0, 0.05) is 19.5 Å². The normalized spacial score (nSPS) is 16.1. The maximum atomic E-state index is 12.8. The second kappa shape index (κ2) is 9.94. The summed E-state index contributed by atoms with van der Waals surface area (Å²) in [5.41, 5.74) is 0.919. The van der Waals surface area contributed by atoms with Crippen LogP contribution in [0.25, 0.3) is 0 Å². The van der Waals surface area contributed by atoms with Crippen LogP contribution < -0.4 is 5.32 Å². The number of hydrogen-bond donors (Lipinski definition) is 2. The highest BCUT2D eigenvalue weighted by Crippen LogP contribution is 2.21. The number of carboxylic acids is 1. The second-order valence-electron chi connectivity index (χ2n) is 6.94. The first-order chi connectivity index (χ1) is 12.5. The molecule has 2 rings (SSSR count). The van der Waals surface area contributed by atoms with E-state index in [-0.39, 0.29) is 30.6 Å². The molecule has 0 saturated carbocycles. The number of nitrogens with one attached hydrogen (secondary N) is 1. The molecule has 1 saturated heterocycles. The van der Waals surface area contributed by atoms with Gasteiger partial charge in [0.05, 0.1) is 6.42 Å². The lowest BCUT2D eigenvalue weighted by atomic mass is 9.93. The molecule has 0 spiro atoms. The zero-order valence-corrected chi connectivity index (χ0v) is 15.3. The summed E-state index contributed by atoms with van der Waals surface area (Å²) in [4.78, 5) is 37.7. The zero-order chi connectivity index (χ0) is 18.9. The number of carbonyl (C=O) groups is 3. The summed E-state index contributed by atoms with van der Waals surface area (Å²) in [7, 11) is 0. The van der Waals surface area contributed by atoms with Crippen LogP contribution in [0.2, 0.25) is 0 Å². The Balaban J connectivity index is 1.88. The minimum absolute atomic E-state index is 0.0537. The number of likely N-dealkylation sites (tertiary alicyclic amines) is 1. The summed E-state index contributed by atoms with van der Waals surface area (Å²) in [6.07, 6.45) is 3.23. The van der Waals surface area contributed by atoms with Crippen LogP contribution in [0.4, 0.5) is 0 Å². The summed E-state index contributed by atoms with van der Waals surface area (Å²) in [6.45, 7) is 3.11. The first kappa shape index (κ1) is 19.9. The van der Waals surface area contributed by atoms with Crippen LogP contribution in [0.15, 0.2) is 30.3 Å². The van der Waals surface area contributed by atoms with Crippen molar-refractivity contribution in [1.29, 1.82) is 0 Å². The van der Waals surface area contributed by atoms with Gasteiger partial charge in [-0.15, -0.1) is 0 Å². The molecule has 0 radical (unpaired) electrons. The molecule has 2 N–H and O–H groups in total. The van der Waals surface area contributed by atoms with Gasteiger partial charge in [0.2, 0.25) is 11.8 Å². The largest absolute Gasteiger partial charge is 0.481 e. The van der Waals surface area contributed by atoms with Crippen molar-refractivity contribution in [3.8, 4) is 0 Å². The standard InChI is InChI=1S/C20H28N2O4/c1-2-6-17(21-18(23)13-15-7-4-3-5-8-15)20(26)22-11-9-16(10-12-22)14-19(24)25/h3-5,7-8,16-17H,2,6,9-14H2,1H3,(H,21,23)(H,24,25). The molecule has 1 aliphatic heterocycles. The Morgan fingerprint density at radius 2 is 1.85 bits per heavy atom. The summed E-state index contributed by atoms with van der Waals surface area (Å²) in [5, 5.41) is 11.8. The van der Waals surface area contributed by atoms with E-state index in [4.69, 9.17) is 5.11 Å². The van der Waals surface area contributed by atoms with Crippen LogP contribution in [-0.2, 0) is 20.8 Å². The molecule has 6 heteroatoms. The highest BCUT2D eigenvalue weighted by atomic mass is 16.4. The maximum absolute atomic E-state index is 12.8. The van der Waals surface area contributed by atoms with Gasteiger partial charge >= 0.3 is 5.97 Å². The number of piperidine rings is 1. The lowest BCUT2D eigenvalue weighted by Crippen LogP contribution is -2.51. The van der Waals surface area contributed by atoms with E-state index in [1.807, 2.05) is 37.3 Å². The Hall–Kier alpha value is -2.37. The quantitative estimate of drug-likeness (QED) is 0.744. The maximum Gasteiger partial charge on any atom is 0.303 e.